The lowest BCUT2D eigenvalue weighted by Crippen LogP contribution is -2.31. The van der Waals surface area contributed by atoms with Gasteiger partial charge in [-0.1, -0.05) is 0 Å². The van der Waals surface area contributed by atoms with Crippen LogP contribution in [0.25, 0.3) is 0 Å². The summed E-state index contributed by atoms with van der Waals surface area (Å²) in [6.07, 6.45) is 3.60. The van der Waals surface area contributed by atoms with Gasteiger partial charge in [0.1, 0.15) is 17.5 Å². The number of hydrogen-bond donors (Lipinski definition) is 2. The molecule has 10 heteroatoms. The monoisotopic (exact) mass is 435 g/mol. The minimum atomic E-state index is -3.67. The lowest BCUT2D eigenvalue weighted by Gasteiger charge is -2.28. The average Bonchev–Trinajstić information content (AvgIpc) is 2.76. The number of piperidine rings is 1. The highest BCUT2D eigenvalue weighted by Gasteiger charge is 2.17. The van der Waals surface area contributed by atoms with Crippen LogP contribution in [0.3, 0.4) is 0 Å². The Hall–Kier alpha value is -2.59. The fourth-order valence-electron chi connectivity index (χ4n) is 3.37. The summed E-state index contributed by atoms with van der Waals surface area (Å²) < 4.78 is 38.0. The zero-order valence-corrected chi connectivity index (χ0v) is 18.5. The van der Waals surface area contributed by atoms with E-state index in [1.54, 1.807) is 6.07 Å². The number of rotatable bonds is 9. The number of ether oxygens (including phenoxy) is 2. The second-order valence-corrected chi connectivity index (χ2v) is 8.81. The van der Waals surface area contributed by atoms with Gasteiger partial charge in [0.2, 0.25) is 10.0 Å². The zero-order chi connectivity index (χ0) is 21.6. The lowest BCUT2D eigenvalue weighted by atomic mass is 10.1. The summed E-state index contributed by atoms with van der Waals surface area (Å²) in [5, 5.41) is 3.18. The first-order chi connectivity index (χ1) is 14.4. The van der Waals surface area contributed by atoms with Crippen LogP contribution < -0.4 is 24.4 Å². The number of nitrogens with one attached hydrogen (secondary N) is 2. The van der Waals surface area contributed by atoms with Crippen molar-refractivity contribution in [1.29, 1.82) is 0 Å². The van der Waals surface area contributed by atoms with Crippen LogP contribution in [-0.4, -0.2) is 58.8 Å². The summed E-state index contributed by atoms with van der Waals surface area (Å²) in [6.45, 7) is 4.46. The summed E-state index contributed by atoms with van der Waals surface area (Å²) in [6, 6.07) is 6.40. The van der Waals surface area contributed by atoms with Crippen molar-refractivity contribution < 1.29 is 17.9 Å². The molecule has 2 aromatic rings. The summed E-state index contributed by atoms with van der Waals surface area (Å²) in [5.74, 6) is 3.12. The Morgan fingerprint density at radius 1 is 1.00 bits per heavy atom. The number of nitrogens with zero attached hydrogens (tertiary/aromatic N) is 3. The molecule has 0 unspecified atom stereocenters. The van der Waals surface area contributed by atoms with E-state index in [1.165, 1.54) is 45.6 Å². The zero-order valence-electron chi connectivity index (χ0n) is 17.6. The lowest BCUT2D eigenvalue weighted by molar-refractivity contribution is 0.354. The van der Waals surface area contributed by atoms with Crippen molar-refractivity contribution in [2.75, 3.05) is 50.6 Å². The van der Waals surface area contributed by atoms with Gasteiger partial charge in [0.15, 0.2) is 11.5 Å². The normalized spacial score (nSPS) is 14.4. The summed E-state index contributed by atoms with van der Waals surface area (Å²) in [4.78, 5) is 11.3. The highest BCUT2D eigenvalue weighted by molar-refractivity contribution is 7.89. The van der Waals surface area contributed by atoms with Crippen LogP contribution in [0.15, 0.2) is 29.2 Å². The molecule has 164 valence electrons. The first kappa shape index (κ1) is 22.1. The predicted octanol–water partition coefficient (Wildman–Crippen LogP) is 2.18. The van der Waals surface area contributed by atoms with Crippen molar-refractivity contribution >= 4 is 21.7 Å². The predicted molar refractivity (Wildman–Crippen MR) is 116 cm³/mol. The molecule has 1 saturated heterocycles. The largest absolute Gasteiger partial charge is 0.493 e. The minimum absolute atomic E-state index is 0.116. The van der Waals surface area contributed by atoms with Crippen LogP contribution in [0.1, 0.15) is 25.1 Å². The second kappa shape index (κ2) is 9.94. The minimum Gasteiger partial charge on any atom is -0.493 e. The second-order valence-electron chi connectivity index (χ2n) is 7.05. The van der Waals surface area contributed by atoms with Gasteiger partial charge in [0.25, 0.3) is 0 Å². The van der Waals surface area contributed by atoms with Gasteiger partial charge >= 0.3 is 0 Å². The third kappa shape index (κ3) is 5.51. The topological polar surface area (TPSA) is 106 Å². The number of methoxy groups -OCH3 is 2. The van der Waals surface area contributed by atoms with Crippen LogP contribution >= 0.6 is 0 Å². The van der Waals surface area contributed by atoms with Crippen molar-refractivity contribution in [3.63, 3.8) is 0 Å². The number of aryl methyl sites for hydroxylation is 1. The average molecular weight is 436 g/mol. The number of anilines is 2. The van der Waals surface area contributed by atoms with E-state index in [2.05, 4.69) is 24.9 Å². The Labute approximate surface area is 177 Å². The smallest absolute Gasteiger partial charge is 0.240 e. The Morgan fingerprint density at radius 2 is 1.73 bits per heavy atom. The molecule has 0 amide bonds. The first-order valence-corrected chi connectivity index (χ1v) is 11.5. The van der Waals surface area contributed by atoms with Crippen LogP contribution in [-0.2, 0) is 10.0 Å². The molecule has 0 atom stereocenters. The van der Waals surface area contributed by atoms with Gasteiger partial charge in [-0.15, -0.1) is 0 Å². The molecular weight excluding hydrogens is 406 g/mol. The molecule has 1 fully saturated rings. The Balaban J connectivity index is 1.58. The van der Waals surface area contributed by atoms with E-state index in [0.29, 0.717) is 29.7 Å². The van der Waals surface area contributed by atoms with E-state index >= 15 is 0 Å². The van der Waals surface area contributed by atoms with E-state index in [0.717, 1.165) is 18.9 Å². The molecule has 1 aromatic carbocycles. The van der Waals surface area contributed by atoms with Crippen molar-refractivity contribution in [1.82, 2.24) is 14.7 Å². The van der Waals surface area contributed by atoms with Gasteiger partial charge in [-0.25, -0.2) is 23.1 Å². The third-order valence-corrected chi connectivity index (χ3v) is 6.35. The van der Waals surface area contributed by atoms with E-state index in [4.69, 9.17) is 9.47 Å². The molecule has 3 rings (SSSR count). The van der Waals surface area contributed by atoms with Crippen LogP contribution in [0.4, 0.5) is 11.6 Å². The maximum absolute atomic E-state index is 12.6. The molecule has 2 N–H and O–H groups in total. The van der Waals surface area contributed by atoms with Crippen molar-refractivity contribution in [3.8, 4) is 11.5 Å². The molecule has 0 bridgehead atoms. The van der Waals surface area contributed by atoms with E-state index in [9.17, 15) is 8.42 Å². The van der Waals surface area contributed by atoms with Gasteiger partial charge in [-0.3, -0.25) is 0 Å². The number of sulfonamides is 1. The van der Waals surface area contributed by atoms with Crippen molar-refractivity contribution in [3.05, 3.63) is 30.1 Å². The molecule has 1 aliphatic heterocycles. The highest BCUT2D eigenvalue weighted by Crippen LogP contribution is 2.29. The fourth-order valence-corrected chi connectivity index (χ4v) is 4.42. The number of aromatic nitrogens is 2. The molecule has 2 heterocycles. The van der Waals surface area contributed by atoms with E-state index < -0.39 is 10.0 Å². The maximum atomic E-state index is 12.6. The summed E-state index contributed by atoms with van der Waals surface area (Å²) >= 11 is 0. The maximum Gasteiger partial charge on any atom is 0.240 e. The number of hydrogen-bond acceptors (Lipinski definition) is 8. The number of benzene rings is 1. The molecular formula is C20H29N5O4S. The van der Waals surface area contributed by atoms with Crippen LogP contribution in [0.2, 0.25) is 0 Å². The van der Waals surface area contributed by atoms with Crippen LogP contribution in [0, 0.1) is 6.92 Å². The molecule has 9 nitrogen and oxygen atoms in total. The molecule has 0 saturated carbocycles. The molecule has 1 aromatic heterocycles. The molecule has 30 heavy (non-hydrogen) atoms. The van der Waals surface area contributed by atoms with Crippen molar-refractivity contribution in [2.24, 2.45) is 0 Å². The quantitative estimate of drug-likeness (QED) is 0.578. The molecule has 0 aliphatic carbocycles. The molecule has 1 aliphatic rings. The Kier molecular flexibility index (Phi) is 7.33. The molecule has 0 radical (unpaired) electrons. The van der Waals surface area contributed by atoms with Gasteiger partial charge in [0.05, 0.1) is 19.1 Å². The van der Waals surface area contributed by atoms with Gasteiger partial charge in [-0.2, -0.15) is 0 Å². The van der Waals surface area contributed by atoms with Gasteiger partial charge < -0.3 is 19.7 Å². The first-order valence-electron chi connectivity index (χ1n) is 9.99. The standard InChI is InChI=1S/C20H29N5O4S/c1-15-23-19(14-20(24-15)25-11-5-4-6-12-25)21-9-10-22-30(26,27)16-7-8-17(28-2)18(13-16)29-3/h7-8,13-14,22H,4-6,9-12H2,1-3H3,(H,21,23,24). The Bertz CT molecular complexity index is 962. The van der Waals surface area contributed by atoms with Gasteiger partial charge in [0, 0.05) is 38.3 Å². The SMILES string of the molecule is COc1ccc(S(=O)(=O)NCCNc2cc(N3CCCCC3)nc(C)n2)cc1OC. The third-order valence-electron chi connectivity index (χ3n) is 4.89. The van der Waals surface area contributed by atoms with Gasteiger partial charge in [-0.05, 0) is 38.3 Å². The Morgan fingerprint density at radius 3 is 2.43 bits per heavy atom. The highest BCUT2D eigenvalue weighted by atomic mass is 32.2. The van der Waals surface area contributed by atoms with E-state index in [1.807, 2.05) is 13.0 Å². The summed E-state index contributed by atoms with van der Waals surface area (Å²) in [5.41, 5.74) is 0. The van der Waals surface area contributed by atoms with Crippen LogP contribution in [0.5, 0.6) is 11.5 Å². The van der Waals surface area contributed by atoms with Crippen molar-refractivity contribution in [2.45, 2.75) is 31.1 Å². The molecule has 0 spiro atoms. The fraction of sp³-hybridized carbons (Fsp3) is 0.500. The summed E-state index contributed by atoms with van der Waals surface area (Å²) in [7, 11) is -0.705. The van der Waals surface area contributed by atoms with E-state index in [-0.39, 0.29) is 11.4 Å².